The Bertz CT molecular complexity index is 1410. The van der Waals surface area contributed by atoms with Crippen LogP contribution in [-0.4, -0.2) is 24.5 Å². The normalized spacial score (nSPS) is 11.2. The maximum atomic E-state index is 4.55. The molecule has 0 aliphatic carbocycles. The Balaban J connectivity index is 1.81. The first-order chi connectivity index (χ1) is 15.4. The summed E-state index contributed by atoms with van der Waals surface area (Å²) in [5.41, 5.74) is 5.06. The molecule has 0 saturated heterocycles. The van der Waals surface area contributed by atoms with Gasteiger partial charge in [0.15, 0.2) is 11.6 Å². The highest BCUT2D eigenvalue weighted by Crippen LogP contribution is 2.39. The Morgan fingerprint density at radius 2 is 0.903 bits per heavy atom. The molecule has 0 spiro atoms. The van der Waals surface area contributed by atoms with Crippen molar-refractivity contribution in [2.24, 2.45) is 0 Å². The van der Waals surface area contributed by atoms with Gasteiger partial charge in [-0.15, -0.1) is 0 Å². The summed E-state index contributed by atoms with van der Waals surface area (Å²) in [6.45, 7) is 0. The van der Waals surface area contributed by atoms with E-state index in [-0.39, 0.29) is 0 Å². The van der Waals surface area contributed by atoms with Crippen molar-refractivity contribution in [1.29, 1.82) is 0 Å². The molecular weight excluding hydrogens is 382 g/mol. The molecule has 0 unspecified atom stereocenters. The zero-order valence-corrected chi connectivity index (χ0v) is 16.6. The van der Waals surface area contributed by atoms with Gasteiger partial charge in [0.25, 0.3) is 0 Å². The van der Waals surface area contributed by atoms with Gasteiger partial charge in [-0.25, -0.2) is 19.9 Å². The van der Waals surface area contributed by atoms with Crippen LogP contribution in [0.2, 0.25) is 0 Å². The van der Waals surface area contributed by atoms with Crippen molar-refractivity contribution in [3.05, 3.63) is 104 Å². The van der Waals surface area contributed by atoms with Gasteiger partial charge in [-0.05, 0) is 36.4 Å². The van der Waals surface area contributed by atoms with E-state index in [2.05, 4.69) is 85.2 Å². The molecule has 5 nitrogen and oxygen atoms in total. The van der Waals surface area contributed by atoms with Gasteiger partial charge in [-0.2, -0.15) is 0 Å². The van der Waals surface area contributed by atoms with Gasteiger partial charge in [0.2, 0.25) is 0 Å². The molecule has 146 valence electrons. The van der Waals surface area contributed by atoms with Gasteiger partial charge in [0.1, 0.15) is 0 Å². The van der Waals surface area contributed by atoms with Gasteiger partial charge >= 0.3 is 0 Å². The summed E-state index contributed by atoms with van der Waals surface area (Å²) in [5, 5.41) is 2.39. The summed E-state index contributed by atoms with van der Waals surface area (Å²) in [4.78, 5) is 18.2. The molecule has 3 heterocycles. The fourth-order valence-electron chi connectivity index (χ4n) is 4.19. The summed E-state index contributed by atoms with van der Waals surface area (Å²) in [6.07, 6.45) is 7.07. The van der Waals surface area contributed by atoms with E-state index in [9.17, 15) is 0 Å². The highest BCUT2D eigenvalue weighted by atomic mass is 15.0. The van der Waals surface area contributed by atoms with Crippen LogP contribution < -0.4 is 0 Å². The van der Waals surface area contributed by atoms with Crippen LogP contribution in [0.5, 0.6) is 0 Å². The zero-order chi connectivity index (χ0) is 20.6. The second-order valence-corrected chi connectivity index (χ2v) is 7.22. The smallest absolute Gasteiger partial charge is 0.161 e. The second kappa shape index (κ2) is 7.15. The molecule has 6 rings (SSSR count). The number of fused-ring (bicyclic) bond motifs is 3. The van der Waals surface area contributed by atoms with E-state index in [0.29, 0.717) is 11.6 Å². The first-order valence-corrected chi connectivity index (χ1v) is 10.1. The van der Waals surface area contributed by atoms with E-state index in [1.807, 2.05) is 18.2 Å². The maximum Gasteiger partial charge on any atom is 0.161 e. The highest BCUT2D eigenvalue weighted by molar-refractivity contribution is 6.10. The topological polar surface area (TPSA) is 56.5 Å². The summed E-state index contributed by atoms with van der Waals surface area (Å²) in [7, 11) is 0. The third kappa shape index (κ3) is 2.79. The molecule has 31 heavy (non-hydrogen) atoms. The lowest BCUT2D eigenvalue weighted by atomic mass is 10.0. The van der Waals surface area contributed by atoms with E-state index in [1.54, 1.807) is 24.8 Å². The number of hydrogen-bond donors (Lipinski definition) is 0. The lowest BCUT2D eigenvalue weighted by Gasteiger charge is -2.17. The molecule has 5 heteroatoms. The second-order valence-electron chi connectivity index (χ2n) is 7.22. The fraction of sp³-hybridized carbons (Fsp3) is 0. The molecule has 3 aromatic carbocycles. The number of nitrogens with zero attached hydrogens (tertiary/aromatic N) is 5. The number of para-hydroxylation sites is 3. The third-order valence-corrected chi connectivity index (χ3v) is 5.45. The van der Waals surface area contributed by atoms with Crippen LogP contribution in [0.15, 0.2) is 104 Å². The molecule has 0 aliphatic rings. The quantitative estimate of drug-likeness (QED) is 0.383. The van der Waals surface area contributed by atoms with Gasteiger partial charge in [-0.3, -0.25) is 0 Å². The average molecular weight is 399 g/mol. The minimum atomic E-state index is 0.664. The van der Waals surface area contributed by atoms with Gasteiger partial charge in [0.05, 0.1) is 16.7 Å². The van der Waals surface area contributed by atoms with Crippen molar-refractivity contribution in [3.8, 4) is 28.5 Å². The van der Waals surface area contributed by atoms with Crippen molar-refractivity contribution in [2.75, 3.05) is 0 Å². The molecule has 0 fully saturated rings. The zero-order valence-electron chi connectivity index (χ0n) is 16.6. The van der Waals surface area contributed by atoms with Crippen LogP contribution >= 0.6 is 0 Å². The summed E-state index contributed by atoms with van der Waals surface area (Å²) >= 11 is 0. The van der Waals surface area contributed by atoms with Crippen LogP contribution in [0.1, 0.15) is 0 Å². The van der Waals surface area contributed by atoms with E-state index in [1.165, 1.54) is 10.8 Å². The predicted molar refractivity (Wildman–Crippen MR) is 123 cm³/mol. The van der Waals surface area contributed by atoms with E-state index >= 15 is 0 Å². The Labute approximate surface area is 178 Å². The molecule has 0 bridgehead atoms. The molecular formula is C26H17N5. The van der Waals surface area contributed by atoms with E-state index in [4.69, 9.17) is 0 Å². The Morgan fingerprint density at radius 1 is 0.452 bits per heavy atom. The number of rotatable bonds is 3. The fourth-order valence-corrected chi connectivity index (χ4v) is 4.19. The Morgan fingerprint density at radius 3 is 1.39 bits per heavy atom. The summed E-state index contributed by atoms with van der Waals surface area (Å²) < 4.78 is 2.28. The minimum Gasteiger partial charge on any atom is -0.308 e. The lowest BCUT2D eigenvalue weighted by molar-refractivity contribution is 1.11. The van der Waals surface area contributed by atoms with E-state index < -0.39 is 0 Å². The van der Waals surface area contributed by atoms with E-state index in [0.717, 1.165) is 27.8 Å². The number of hydrogen-bond acceptors (Lipinski definition) is 4. The van der Waals surface area contributed by atoms with Crippen LogP contribution in [0, 0.1) is 0 Å². The molecule has 0 radical (unpaired) electrons. The molecule has 0 N–H and O–H groups in total. The van der Waals surface area contributed by atoms with Crippen molar-refractivity contribution in [3.63, 3.8) is 0 Å². The molecule has 0 saturated carbocycles. The van der Waals surface area contributed by atoms with Crippen molar-refractivity contribution in [1.82, 2.24) is 24.5 Å². The predicted octanol–water partition coefficient (Wildman–Crippen LogP) is 5.70. The summed E-state index contributed by atoms with van der Waals surface area (Å²) in [6, 6.07) is 26.7. The maximum absolute atomic E-state index is 4.55. The largest absolute Gasteiger partial charge is 0.308 e. The van der Waals surface area contributed by atoms with Crippen LogP contribution in [0.4, 0.5) is 0 Å². The SMILES string of the molecule is c1cnc(-c2cccc(-c3ncccn3)c2-n2c3ccccc3c3ccccc32)nc1. The highest BCUT2D eigenvalue weighted by Gasteiger charge is 2.21. The first-order valence-electron chi connectivity index (χ1n) is 10.1. The van der Waals surface area contributed by atoms with Crippen LogP contribution in [-0.2, 0) is 0 Å². The lowest BCUT2D eigenvalue weighted by Crippen LogP contribution is -2.03. The molecule has 0 amide bonds. The van der Waals surface area contributed by atoms with Crippen molar-refractivity contribution < 1.29 is 0 Å². The average Bonchev–Trinajstić information content (AvgIpc) is 3.19. The molecule has 0 aliphatic heterocycles. The van der Waals surface area contributed by atoms with Gasteiger partial charge < -0.3 is 4.57 Å². The first kappa shape index (κ1) is 17.5. The van der Waals surface area contributed by atoms with Gasteiger partial charge in [-0.1, -0.05) is 42.5 Å². The molecule has 0 atom stereocenters. The standard InChI is InChI=1S/C26H17N5/c1-3-12-22-18(8-1)19-9-2-4-13-23(19)31(22)24-20(25-27-14-6-15-28-25)10-5-11-21(24)26-29-16-7-17-30-26/h1-17H. The van der Waals surface area contributed by atoms with Crippen molar-refractivity contribution in [2.45, 2.75) is 0 Å². The van der Waals surface area contributed by atoms with Crippen LogP contribution in [0.25, 0.3) is 50.3 Å². The number of aromatic nitrogens is 5. The molecule has 3 aromatic heterocycles. The minimum absolute atomic E-state index is 0.664. The third-order valence-electron chi connectivity index (χ3n) is 5.45. The van der Waals surface area contributed by atoms with Crippen LogP contribution in [0.3, 0.4) is 0 Å². The number of benzene rings is 3. The van der Waals surface area contributed by atoms with Gasteiger partial charge in [0, 0.05) is 46.7 Å². The van der Waals surface area contributed by atoms with Crippen molar-refractivity contribution >= 4 is 21.8 Å². The Kier molecular flexibility index (Phi) is 4.03. The monoisotopic (exact) mass is 399 g/mol. The Hall–Kier alpha value is -4.38. The molecule has 6 aromatic rings. The summed E-state index contributed by atoms with van der Waals surface area (Å²) in [5.74, 6) is 1.33.